The van der Waals surface area contributed by atoms with Crippen LogP contribution in [-0.4, -0.2) is 42.6 Å². The molecule has 0 radical (unpaired) electrons. The van der Waals surface area contributed by atoms with Crippen LogP contribution in [0.15, 0.2) is 0 Å². The van der Waals surface area contributed by atoms with E-state index in [1.54, 1.807) is 0 Å². The van der Waals surface area contributed by atoms with Gasteiger partial charge in [0, 0.05) is 6.92 Å². The van der Waals surface area contributed by atoms with Crippen molar-refractivity contribution < 1.29 is 37.4 Å². The van der Waals surface area contributed by atoms with Crippen molar-refractivity contribution in [1.82, 2.24) is 0 Å². The standard InChI is InChI=1S/C25H36F2O6/c1-3-25(7-5-4-6-8-25)33-19(28)14-31-20(29)23-10-17-9-18(11-23)13-24(12-17,15-23)21(30)32-16-22(2,26)27/h17-18H,3-16H2,1-2H3. The van der Waals surface area contributed by atoms with Crippen LogP contribution in [-0.2, 0) is 28.6 Å². The van der Waals surface area contributed by atoms with E-state index in [2.05, 4.69) is 0 Å². The molecule has 5 fully saturated rings. The number of ether oxygens (including phenoxy) is 3. The zero-order chi connectivity index (χ0) is 23.9. The monoisotopic (exact) mass is 470 g/mol. The third kappa shape index (κ3) is 5.04. The van der Waals surface area contributed by atoms with Crippen molar-refractivity contribution in [3.8, 4) is 0 Å². The fourth-order valence-electron chi connectivity index (χ4n) is 7.36. The van der Waals surface area contributed by atoms with Crippen LogP contribution in [0.3, 0.4) is 0 Å². The van der Waals surface area contributed by atoms with E-state index >= 15 is 0 Å². The van der Waals surface area contributed by atoms with Gasteiger partial charge in [0.2, 0.25) is 0 Å². The SMILES string of the molecule is CCC1(OC(=O)COC(=O)C23CC4CC(C2)CC(C(=O)OCC(C)(F)F)(C4)C3)CCCCC1. The molecule has 2 atom stereocenters. The predicted molar refractivity (Wildman–Crippen MR) is 114 cm³/mol. The Hall–Kier alpha value is -1.73. The van der Waals surface area contributed by atoms with Gasteiger partial charge in [-0.05, 0) is 82.5 Å². The van der Waals surface area contributed by atoms with Crippen molar-refractivity contribution in [1.29, 1.82) is 0 Å². The van der Waals surface area contributed by atoms with Crippen LogP contribution in [0.1, 0.15) is 90.9 Å². The molecule has 5 rings (SSSR count). The first-order valence-corrected chi connectivity index (χ1v) is 12.4. The third-order valence-electron chi connectivity index (χ3n) is 8.44. The highest BCUT2D eigenvalue weighted by atomic mass is 19.3. The van der Waals surface area contributed by atoms with Gasteiger partial charge >= 0.3 is 17.9 Å². The molecule has 33 heavy (non-hydrogen) atoms. The van der Waals surface area contributed by atoms with Gasteiger partial charge in [0.1, 0.15) is 5.60 Å². The zero-order valence-electron chi connectivity index (χ0n) is 19.8. The molecule has 6 nitrogen and oxygen atoms in total. The number of halogens is 2. The summed E-state index contributed by atoms with van der Waals surface area (Å²) in [6.45, 7) is 1.34. The maximum absolute atomic E-state index is 13.3. The molecular weight excluding hydrogens is 434 g/mol. The van der Waals surface area contributed by atoms with Crippen molar-refractivity contribution in [2.45, 2.75) is 102 Å². The van der Waals surface area contributed by atoms with Crippen LogP contribution in [0.2, 0.25) is 0 Å². The predicted octanol–water partition coefficient (Wildman–Crippen LogP) is 4.97. The number of hydrogen-bond acceptors (Lipinski definition) is 6. The van der Waals surface area contributed by atoms with Gasteiger partial charge in [-0.1, -0.05) is 13.3 Å². The summed E-state index contributed by atoms with van der Waals surface area (Å²) < 4.78 is 42.8. The van der Waals surface area contributed by atoms with Crippen LogP contribution in [0.5, 0.6) is 0 Å². The molecule has 0 aromatic heterocycles. The van der Waals surface area contributed by atoms with Crippen molar-refractivity contribution >= 4 is 17.9 Å². The summed E-state index contributed by atoms with van der Waals surface area (Å²) in [7, 11) is 0. The Kier molecular flexibility index (Phi) is 6.51. The summed E-state index contributed by atoms with van der Waals surface area (Å²) in [6, 6.07) is 0. The van der Waals surface area contributed by atoms with E-state index in [1.165, 1.54) is 0 Å². The number of alkyl halides is 2. The Bertz CT molecular complexity index is 768. The molecule has 0 aromatic rings. The average Bonchev–Trinajstić information content (AvgIpc) is 2.75. The van der Waals surface area contributed by atoms with Crippen LogP contribution >= 0.6 is 0 Å². The molecule has 0 heterocycles. The first-order chi connectivity index (χ1) is 15.5. The van der Waals surface area contributed by atoms with Gasteiger partial charge in [0.05, 0.1) is 10.8 Å². The summed E-state index contributed by atoms with van der Waals surface area (Å²) in [5.74, 6) is -4.41. The lowest BCUT2D eigenvalue weighted by molar-refractivity contribution is -0.201. The molecule has 8 heteroatoms. The summed E-state index contributed by atoms with van der Waals surface area (Å²) >= 11 is 0. The minimum Gasteiger partial charge on any atom is -0.459 e. The van der Waals surface area contributed by atoms with E-state index in [0.29, 0.717) is 32.6 Å². The number of carbonyl (C=O) groups is 3. The smallest absolute Gasteiger partial charge is 0.344 e. The van der Waals surface area contributed by atoms with Crippen molar-refractivity contribution in [3.63, 3.8) is 0 Å². The fraction of sp³-hybridized carbons (Fsp3) is 0.880. The van der Waals surface area contributed by atoms with Crippen molar-refractivity contribution in [2.24, 2.45) is 22.7 Å². The molecule has 0 aromatic carbocycles. The van der Waals surface area contributed by atoms with Gasteiger partial charge in [-0.2, -0.15) is 0 Å². The molecule has 0 spiro atoms. The van der Waals surface area contributed by atoms with E-state index in [-0.39, 0.29) is 18.3 Å². The number of esters is 3. The minimum atomic E-state index is -3.09. The Labute approximate surface area is 194 Å². The molecule has 5 saturated carbocycles. The van der Waals surface area contributed by atoms with Gasteiger partial charge in [-0.3, -0.25) is 9.59 Å². The second-order valence-corrected chi connectivity index (χ2v) is 11.3. The quantitative estimate of drug-likeness (QED) is 0.368. The molecule has 2 unspecified atom stereocenters. The lowest BCUT2D eigenvalue weighted by atomic mass is 9.44. The zero-order valence-corrected chi connectivity index (χ0v) is 19.8. The topological polar surface area (TPSA) is 78.9 Å². The molecule has 0 amide bonds. The van der Waals surface area contributed by atoms with Crippen LogP contribution < -0.4 is 0 Å². The lowest BCUT2D eigenvalue weighted by Gasteiger charge is -2.59. The molecule has 186 valence electrons. The molecule has 0 N–H and O–H groups in total. The maximum Gasteiger partial charge on any atom is 0.344 e. The van der Waals surface area contributed by atoms with Crippen molar-refractivity contribution in [2.75, 3.05) is 13.2 Å². The number of rotatable bonds is 8. The third-order valence-corrected chi connectivity index (χ3v) is 8.44. The van der Waals surface area contributed by atoms with Crippen LogP contribution in [0.4, 0.5) is 8.78 Å². The second kappa shape index (κ2) is 8.81. The summed E-state index contributed by atoms with van der Waals surface area (Å²) in [4.78, 5) is 38.6. The first-order valence-electron chi connectivity index (χ1n) is 12.4. The number of hydrogen-bond donors (Lipinski definition) is 0. The molecule has 4 bridgehead atoms. The number of carbonyl (C=O) groups excluding carboxylic acids is 3. The van der Waals surface area contributed by atoms with Gasteiger partial charge in [0.25, 0.3) is 5.92 Å². The van der Waals surface area contributed by atoms with E-state index in [9.17, 15) is 23.2 Å². The molecular formula is C25H36F2O6. The highest BCUT2D eigenvalue weighted by molar-refractivity contribution is 5.84. The van der Waals surface area contributed by atoms with E-state index in [4.69, 9.17) is 14.2 Å². The Morgan fingerprint density at radius 3 is 1.97 bits per heavy atom. The minimum absolute atomic E-state index is 0.158. The highest BCUT2D eigenvalue weighted by Gasteiger charge is 2.64. The van der Waals surface area contributed by atoms with Crippen LogP contribution in [0, 0.1) is 22.7 Å². The average molecular weight is 471 g/mol. The largest absolute Gasteiger partial charge is 0.459 e. The van der Waals surface area contributed by atoms with Gasteiger partial charge in [-0.15, -0.1) is 0 Å². The summed E-state index contributed by atoms with van der Waals surface area (Å²) in [5, 5.41) is 0. The molecule has 5 aliphatic rings. The Morgan fingerprint density at radius 2 is 1.45 bits per heavy atom. The normalized spacial score (nSPS) is 34.5. The lowest BCUT2D eigenvalue weighted by Crippen LogP contribution is -2.58. The summed E-state index contributed by atoms with van der Waals surface area (Å²) in [6.07, 6.45) is 9.09. The summed E-state index contributed by atoms with van der Waals surface area (Å²) in [5.41, 5.74) is -2.23. The van der Waals surface area contributed by atoms with E-state index < -0.39 is 53.5 Å². The molecule has 0 saturated heterocycles. The highest BCUT2D eigenvalue weighted by Crippen LogP contribution is 2.66. The second-order valence-electron chi connectivity index (χ2n) is 11.3. The van der Waals surface area contributed by atoms with Gasteiger partial charge in [0.15, 0.2) is 13.2 Å². The Morgan fingerprint density at radius 1 is 0.909 bits per heavy atom. The van der Waals surface area contributed by atoms with Crippen molar-refractivity contribution in [3.05, 3.63) is 0 Å². The first kappa shape index (κ1) is 24.4. The molecule has 5 aliphatic carbocycles. The van der Waals surface area contributed by atoms with E-state index in [0.717, 1.165) is 44.9 Å². The fourth-order valence-corrected chi connectivity index (χ4v) is 7.36. The Balaban J connectivity index is 1.39. The maximum atomic E-state index is 13.3. The molecule has 0 aliphatic heterocycles. The van der Waals surface area contributed by atoms with Gasteiger partial charge < -0.3 is 14.2 Å². The van der Waals surface area contributed by atoms with Crippen LogP contribution in [0.25, 0.3) is 0 Å². The van der Waals surface area contributed by atoms with Gasteiger partial charge in [-0.25, -0.2) is 13.6 Å². The van der Waals surface area contributed by atoms with E-state index in [1.807, 2.05) is 6.92 Å².